The number of hydrogen-bond donors (Lipinski definition) is 1. The van der Waals surface area contributed by atoms with E-state index in [9.17, 15) is 4.79 Å². The fourth-order valence-electron chi connectivity index (χ4n) is 3.10. The molecule has 1 saturated heterocycles. The molecule has 0 aliphatic carbocycles. The molecular formula is C18H23N5O. The lowest BCUT2D eigenvalue weighted by atomic mass is 10.0. The zero-order valence-corrected chi connectivity index (χ0v) is 14.0. The molecule has 126 valence electrons. The molecular weight excluding hydrogens is 302 g/mol. The second-order valence-electron chi connectivity index (χ2n) is 6.07. The standard InChI is InChI=1S/C18H23N5O/c1-2-15-7-3-4-11-23(15)17-9-8-16(21-22-17)18(24)20-13-14-6-5-10-19-12-14/h5-6,8-10,12,15H,2-4,7,11,13H2,1H3,(H,20,24). The summed E-state index contributed by atoms with van der Waals surface area (Å²) >= 11 is 0. The Hall–Kier alpha value is -2.50. The van der Waals surface area contributed by atoms with Gasteiger partial charge in [-0.1, -0.05) is 13.0 Å². The lowest BCUT2D eigenvalue weighted by Gasteiger charge is -2.35. The molecule has 24 heavy (non-hydrogen) atoms. The van der Waals surface area contributed by atoms with E-state index < -0.39 is 0 Å². The Kier molecular flexibility index (Phi) is 5.36. The van der Waals surface area contributed by atoms with Crippen LogP contribution in [0.1, 0.15) is 48.7 Å². The maximum absolute atomic E-state index is 12.2. The first-order valence-corrected chi connectivity index (χ1v) is 8.55. The first-order valence-electron chi connectivity index (χ1n) is 8.55. The Morgan fingerprint density at radius 2 is 2.21 bits per heavy atom. The van der Waals surface area contributed by atoms with Crippen molar-refractivity contribution in [3.8, 4) is 0 Å². The van der Waals surface area contributed by atoms with Gasteiger partial charge >= 0.3 is 0 Å². The number of carbonyl (C=O) groups is 1. The van der Waals surface area contributed by atoms with Gasteiger partial charge in [0.15, 0.2) is 11.5 Å². The van der Waals surface area contributed by atoms with Gasteiger partial charge in [-0.3, -0.25) is 9.78 Å². The molecule has 3 heterocycles. The van der Waals surface area contributed by atoms with Crippen LogP contribution < -0.4 is 10.2 Å². The molecule has 3 rings (SSSR count). The minimum absolute atomic E-state index is 0.219. The maximum Gasteiger partial charge on any atom is 0.272 e. The molecule has 1 unspecified atom stereocenters. The summed E-state index contributed by atoms with van der Waals surface area (Å²) in [5.74, 6) is 0.647. The number of rotatable bonds is 5. The Bertz CT molecular complexity index is 659. The average Bonchev–Trinajstić information content (AvgIpc) is 2.67. The smallest absolute Gasteiger partial charge is 0.272 e. The first-order chi connectivity index (χ1) is 11.8. The quantitative estimate of drug-likeness (QED) is 0.915. The average molecular weight is 325 g/mol. The third-order valence-corrected chi connectivity index (χ3v) is 4.45. The summed E-state index contributed by atoms with van der Waals surface area (Å²) in [6, 6.07) is 7.95. The zero-order valence-electron chi connectivity index (χ0n) is 14.0. The lowest BCUT2D eigenvalue weighted by molar-refractivity contribution is 0.0945. The van der Waals surface area contributed by atoms with E-state index in [0.29, 0.717) is 18.3 Å². The molecule has 1 aliphatic rings. The number of aromatic nitrogens is 3. The summed E-state index contributed by atoms with van der Waals surface area (Å²) in [4.78, 5) is 18.5. The van der Waals surface area contributed by atoms with E-state index in [1.165, 1.54) is 19.3 Å². The summed E-state index contributed by atoms with van der Waals surface area (Å²) in [5.41, 5.74) is 1.29. The van der Waals surface area contributed by atoms with Gasteiger partial charge in [-0.25, -0.2) is 0 Å². The van der Waals surface area contributed by atoms with Crippen molar-refractivity contribution in [2.45, 2.75) is 45.2 Å². The number of piperidine rings is 1. The Labute approximate surface area is 142 Å². The van der Waals surface area contributed by atoms with Gasteiger partial charge < -0.3 is 10.2 Å². The van der Waals surface area contributed by atoms with Crippen LogP contribution in [0.25, 0.3) is 0 Å². The molecule has 0 radical (unpaired) electrons. The summed E-state index contributed by atoms with van der Waals surface area (Å²) in [7, 11) is 0. The van der Waals surface area contributed by atoms with Crippen LogP contribution in [-0.2, 0) is 6.54 Å². The number of amides is 1. The number of anilines is 1. The van der Waals surface area contributed by atoms with E-state index in [1.54, 1.807) is 18.5 Å². The van der Waals surface area contributed by atoms with Crippen LogP contribution in [0.2, 0.25) is 0 Å². The molecule has 0 bridgehead atoms. The minimum Gasteiger partial charge on any atom is -0.352 e. The maximum atomic E-state index is 12.2. The Morgan fingerprint density at radius 1 is 1.29 bits per heavy atom. The third kappa shape index (κ3) is 3.88. The van der Waals surface area contributed by atoms with Gasteiger partial charge in [-0.05, 0) is 49.4 Å². The van der Waals surface area contributed by atoms with Gasteiger partial charge in [0.2, 0.25) is 0 Å². The number of pyridine rings is 1. The fourth-order valence-corrected chi connectivity index (χ4v) is 3.10. The molecule has 1 atom stereocenters. The van der Waals surface area contributed by atoms with Gasteiger partial charge in [0, 0.05) is 31.5 Å². The predicted octanol–water partition coefficient (Wildman–Crippen LogP) is 2.57. The van der Waals surface area contributed by atoms with Crippen LogP contribution in [-0.4, -0.2) is 33.7 Å². The summed E-state index contributed by atoms with van der Waals surface area (Å²) in [6.45, 7) is 3.65. The lowest BCUT2D eigenvalue weighted by Crippen LogP contribution is -2.39. The van der Waals surface area contributed by atoms with Crippen molar-refractivity contribution in [2.75, 3.05) is 11.4 Å². The molecule has 1 fully saturated rings. The molecule has 0 spiro atoms. The van der Waals surface area contributed by atoms with Crippen molar-refractivity contribution in [3.05, 3.63) is 47.9 Å². The highest BCUT2D eigenvalue weighted by atomic mass is 16.1. The van der Waals surface area contributed by atoms with E-state index in [1.807, 2.05) is 18.2 Å². The van der Waals surface area contributed by atoms with E-state index in [4.69, 9.17) is 0 Å². The van der Waals surface area contributed by atoms with Crippen molar-refractivity contribution in [1.82, 2.24) is 20.5 Å². The number of nitrogens with zero attached hydrogens (tertiary/aromatic N) is 4. The topological polar surface area (TPSA) is 71.0 Å². The van der Waals surface area contributed by atoms with E-state index >= 15 is 0 Å². The highest BCUT2D eigenvalue weighted by molar-refractivity contribution is 5.92. The largest absolute Gasteiger partial charge is 0.352 e. The van der Waals surface area contributed by atoms with Crippen molar-refractivity contribution < 1.29 is 4.79 Å². The number of nitrogens with one attached hydrogen (secondary N) is 1. The van der Waals surface area contributed by atoms with Crippen LogP contribution in [0.4, 0.5) is 5.82 Å². The van der Waals surface area contributed by atoms with Gasteiger partial charge in [-0.15, -0.1) is 10.2 Å². The Balaban J connectivity index is 1.62. The molecule has 1 amide bonds. The molecule has 2 aromatic heterocycles. The molecule has 0 saturated carbocycles. The predicted molar refractivity (Wildman–Crippen MR) is 92.7 cm³/mol. The monoisotopic (exact) mass is 325 g/mol. The summed E-state index contributed by atoms with van der Waals surface area (Å²) < 4.78 is 0. The first kappa shape index (κ1) is 16.4. The number of carbonyl (C=O) groups excluding carboxylic acids is 1. The summed E-state index contributed by atoms with van der Waals surface area (Å²) in [5, 5.41) is 11.2. The van der Waals surface area contributed by atoms with E-state index in [0.717, 1.165) is 24.3 Å². The number of hydrogen-bond acceptors (Lipinski definition) is 5. The molecule has 6 heteroatoms. The van der Waals surface area contributed by atoms with Crippen molar-refractivity contribution in [2.24, 2.45) is 0 Å². The normalized spacial score (nSPS) is 17.5. The van der Waals surface area contributed by atoms with Gasteiger partial charge in [0.1, 0.15) is 0 Å². The second kappa shape index (κ2) is 7.86. The Morgan fingerprint density at radius 3 is 2.92 bits per heavy atom. The van der Waals surface area contributed by atoms with E-state index in [-0.39, 0.29) is 5.91 Å². The van der Waals surface area contributed by atoms with Crippen molar-refractivity contribution >= 4 is 11.7 Å². The van der Waals surface area contributed by atoms with Crippen LogP contribution >= 0.6 is 0 Å². The highest BCUT2D eigenvalue weighted by Gasteiger charge is 2.22. The third-order valence-electron chi connectivity index (χ3n) is 4.45. The van der Waals surface area contributed by atoms with Crippen LogP contribution in [0.3, 0.4) is 0 Å². The molecule has 0 aromatic carbocycles. The van der Waals surface area contributed by atoms with Gasteiger partial charge in [-0.2, -0.15) is 0 Å². The SMILES string of the molecule is CCC1CCCCN1c1ccc(C(=O)NCc2cccnc2)nn1. The second-order valence-corrected chi connectivity index (χ2v) is 6.07. The molecule has 2 aromatic rings. The van der Waals surface area contributed by atoms with Crippen LogP contribution in [0, 0.1) is 0 Å². The van der Waals surface area contributed by atoms with E-state index in [2.05, 4.69) is 32.3 Å². The van der Waals surface area contributed by atoms with Crippen molar-refractivity contribution in [3.63, 3.8) is 0 Å². The van der Waals surface area contributed by atoms with Gasteiger partial charge in [0.25, 0.3) is 5.91 Å². The molecule has 1 N–H and O–H groups in total. The van der Waals surface area contributed by atoms with Crippen LogP contribution in [0.15, 0.2) is 36.7 Å². The van der Waals surface area contributed by atoms with Crippen molar-refractivity contribution in [1.29, 1.82) is 0 Å². The van der Waals surface area contributed by atoms with Gasteiger partial charge in [0.05, 0.1) is 0 Å². The summed E-state index contributed by atoms with van der Waals surface area (Å²) in [6.07, 6.45) is 8.21. The highest BCUT2D eigenvalue weighted by Crippen LogP contribution is 2.24. The molecule has 1 aliphatic heterocycles. The minimum atomic E-state index is -0.219. The fraction of sp³-hybridized carbons (Fsp3) is 0.444. The zero-order chi connectivity index (χ0) is 16.8. The van der Waals surface area contributed by atoms with Crippen LogP contribution in [0.5, 0.6) is 0 Å². The molecule has 6 nitrogen and oxygen atoms in total.